The maximum atomic E-state index is 13.4. The van der Waals surface area contributed by atoms with Crippen molar-refractivity contribution < 1.29 is 28.3 Å². The van der Waals surface area contributed by atoms with E-state index in [0.717, 1.165) is 18.2 Å². The molecule has 1 atom stereocenters. The van der Waals surface area contributed by atoms with Gasteiger partial charge in [-0.25, -0.2) is 8.78 Å². The molecule has 1 aromatic carbocycles. The van der Waals surface area contributed by atoms with Gasteiger partial charge in [0.25, 0.3) is 0 Å². The van der Waals surface area contributed by atoms with E-state index in [1.165, 1.54) is 0 Å². The molecule has 6 nitrogen and oxygen atoms in total. The molecule has 0 aliphatic carbocycles. The van der Waals surface area contributed by atoms with Crippen molar-refractivity contribution in [2.75, 3.05) is 0 Å². The number of halogens is 2. The second kappa shape index (κ2) is 7.32. The van der Waals surface area contributed by atoms with Crippen LogP contribution in [0.2, 0.25) is 0 Å². The summed E-state index contributed by atoms with van der Waals surface area (Å²) in [5.41, 5.74) is 4.60. The molecule has 0 saturated heterocycles. The molecule has 0 spiro atoms. The molecular weight excluding hydrogens is 286 g/mol. The predicted molar refractivity (Wildman–Crippen MR) is 68.1 cm³/mol. The van der Waals surface area contributed by atoms with Crippen LogP contribution in [0.1, 0.15) is 18.4 Å². The zero-order valence-electron chi connectivity index (χ0n) is 10.9. The summed E-state index contributed by atoms with van der Waals surface area (Å²) in [6.45, 7) is 0. The van der Waals surface area contributed by atoms with Gasteiger partial charge in [0.1, 0.15) is 17.7 Å². The van der Waals surface area contributed by atoms with Crippen LogP contribution in [-0.4, -0.2) is 28.9 Å². The Morgan fingerprint density at radius 3 is 2.29 bits per heavy atom. The number of benzene rings is 1. The molecule has 21 heavy (non-hydrogen) atoms. The molecule has 2 amide bonds. The summed E-state index contributed by atoms with van der Waals surface area (Å²) in [6.07, 6.45) is -1.19. The zero-order chi connectivity index (χ0) is 16.0. The minimum atomic E-state index is -1.21. The molecule has 4 N–H and O–H groups in total. The van der Waals surface area contributed by atoms with Crippen molar-refractivity contribution in [2.45, 2.75) is 25.3 Å². The van der Waals surface area contributed by atoms with E-state index >= 15 is 0 Å². The molecule has 8 heteroatoms. The first-order chi connectivity index (χ1) is 9.81. The average molecular weight is 300 g/mol. The molecule has 0 unspecified atom stereocenters. The fourth-order valence-corrected chi connectivity index (χ4v) is 1.66. The normalized spacial score (nSPS) is 11.7. The Morgan fingerprint density at radius 2 is 1.81 bits per heavy atom. The Bertz CT molecular complexity index is 543. The fourth-order valence-electron chi connectivity index (χ4n) is 1.66. The van der Waals surface area contributed by atoms with Crippen molar-refractivity contribution in [1.29, 1.82) is 0 Å². The van der Waals surface area contributed by atoms with Gasteiger partial charge < -0.3 is 16.2 Å². The maximum absolute atomic E-state index is 13.4. The Kier molecular flexibility index (Phi) is 5.77. The highest BCUT2D eigenvalue weighted by Gasteiger charge is 2.21. The van der Waals surface area contributed by atoms with E-state index in [2.05, 4.69) is 5.32 Å². The van der Waals surface area contributed by atoms with Crippen molar-refractivity contribution in [2.24, 2.45) is 5.73 Å². The van der Waals surface area contributed by atoms with Gasteiger partial charge in [0.2, 0.25) is 11.8 Å². The average Bonchev–Trinajstić information content (AvgIpc) is 2.38. The third kappa shape index (κ3) is 5.17. The van der Waals surface area contributed by atoms with Crippen molar-refractivity contribution in [1.82, 2.24) is 5.32 Å². The summed E-state index contributed by atoms with van der Waals surface area (Å²) in [6, 6.07) is 1.96. The molecular formula is C13H14F2N2O4. The quantitative estimate of drug-likeness (QED) is 0.674. The smallest absolute Gasteiger partial charge is 0.303 e. The molecule has 0 fully saturated rings. The fraction of sp³-hybridized carbons (Fsp3) is 0.308. The van der Waals surface area contributed by atoms with Gasteiger partial charge in [-0.2, -0.15) is 0 Å². The maximum Gasteiger partial charge on any atom is 0.303 e. The minimum absolute atomic E-state index is 0.198. The summed E-state index contributed by atoms with van der Waals surface area (Å²) in [5.74, 6) is -4.67. The summed E-state index contributed by atoms with van der Waals surface area (Å²) < 4.78 is 26.7. The van der Waals surface area contributed by atoms with E-state index in [1.807, 2.05) is 0 Å². The van der Waals surface area contributed by atoms with Crippen LogP contribution in [0.25, 0.3) is 0 Å². The van der Waals surface area contributed by atoms with Crippen LogP contribution < -0.4 is 11.1 Å². The zero-order valence-corrected chi connectivity index (χ0v) is 10.9. The molecule has 0 aliphatic heterocycles. The Morgan fingerprint density at radius 1 is 1.24 bits per heavy atom. The number of hydrogen-bond acceptors (Lipinski definition) is 3. The number of nitrogens with one attached hydrogen (secondary N) is 1. The Labute approximate surface area is 118 Å². The van der Waals surface area contributed by atoms with Crippen LogP contribution in [0.3, 0.4) is 0 Å². The van der Waals surface area contributed by atoms with Crippen LogP contribution >= 0.6 is 0 Å². The van der Waals surface area contributed by atoms with Gasteiger partial charge in [-0.1, -0.05) is 6.07 Å². The van der Waals surface area contributed by atoms with Crippen LogP contribution in [0.15, 0.2) is 18.2 Å². The minimum Gasteiger partial charge on any atom is -0.481 e. The van der Waals surface area contributed by atoms with E-state index in [1.54, 1.807) is 0 Å². The van der Waals surface area contributed by atoms with Gasteiger partial charge >= 0.3 is 5.97 Å². The molecule has 0 heterocycles. The highest BCUT2D eigenvalue weighted by molar-refractivity contribution is 5.87. The lowest BCUT2D eigenvalue weighted by atomic mass is 10.1. The molecule has 0 radical (unpaired) electrons. The first-order valence-electron chi connectivity index (χ1n) is 6.04. The molecule has 1 rings (SSSR count). The van der Waals surface area contributed by atoms with Crippen molar-refractivity contribution in [3.8, 4) is 0 Å². The van der Waals surface area contributed by atoms with Gasteiger partial charge in [-0.05, 0) is 18.6 Å². The number of carbonyl (C=O) groups is 3. The number of primary amides is 1. The molecule has 114 valence electrons. The number of rotatable bonds is 7. The molecule has 0 bridgehead atoms. The van der Waals surface area contributed by atoms with Crippen LogP contribution in [-0.2, 0) is 20.8 Å². The summed E-state index contributed by atoms with van der Waals surface area (Å²) in [5, 5.41) is 10.7. The largest absolute Gasteiger partial charge is 0.481 e. The van der Waals surface area contributed by atoms with Gasteiger partial charge in [-0.3, -0.25) is 14.4 Å². The van der Waals surface area contributed by atoms with Gasteiger partial charge in [0, 0.05) is 12.0 Å². The lowest BCUT2D eigenvalue weighted by Crippen LogP contribution is -2.45. The second-order valence-electron chi connectivity index (χ2n) is 4.33. The topological polar surface area (TPSA) is 109 Å². The van der Waals surface area contributed by atoms with Gasteiger partial charge in [0.15, 0.2) is 0 Å². The highest BCUT2D eigenvalue weighted by atomic mass is 19.1. The summed E-state index contributed by atoms with van der Waals surface area (Å²) >= 11 is 0. The number of amides is 2. The predicted octanol–water partition coefficient (Wildman–Crippen LogP) is 0.342. The lowest BCUT2D eigenvalue weighted by molar-refractivity contribution is -0.137. The number of hydrogen-bond donors (Lipinski definition) is 3. The number of nitrogens with two attached hydrogens (primary N) is 1. The number of carboxylic acids is 1. The highest BCUT2D eigenvalue weighted by Crippen LogP contribution is 2.12. The van der Waals surface area contributed by atoms with Crippen molar-refractivity contribution >= 4 is 17.8 Å². The first kappa shape index (κ1) is 16.5. The van der Waals surface area contributed by atoms with E-state index in [4.69, 9.17) is 10.8 Å². The SMILES string of the molecule is NC(=O)[C@H](CCC(=O)O)NC(=O)Cc1c(F)cccc1F. The number of carboxylic acid groups (broad SMARTS) is 1. The first-order valence-corrected chi connectivity index (χ1v) is 6.04. The van der Waals surface area contributed by atoms with Crippen molar-refractivity contribution in [3.63, 3.8) is 0 Å². The number of carbonyl (C=O) groups excluding carboxylic acids is 2. The molecule has 0 saturated carbocycles. The van der Waals surface area contributed by atoms with Crippen LogP contribution in [0.4, 0.5) is 8.78 Å². The van der Waals surface area contributed by atoms with Gasteiger partial charge in [0.05, 0.1) is 6.42 Å². The molecule has 1 aromatic rings. The monoisotopic (exact) mass is 300 g/mol. The summed E-state index contributed by atoms with van der Waals surface area (Å²) in [7, 11) is 0. The van der Waals surface area contributed by atoms with Crippen LogP contribution in [0, 0.1) is 11.6 Å². The number of aliphatic carboxylic acids is 1. The summed E-state index contributed by atoms with van der Waals surface area (Å²) in [4.78, 5) is 33.2. The second-order valence-corrected chi connectivity index (χ2v) is 4.33. The molecule has 0 aliphatic rings. The van der Waals surface area contributed by atoms with E-state index in [-0.39, 0.29) is 12.8 Å². The molecule has 0 aromatic heterocycles. The lowest BCUT2D eigenvalue weighted by Gasteiger charge is -2.14. The van der Waals surface area contributed by atoms with E-state index in [9.17, 15) is 23.2 Å². The van der Waals surface area contributed by atoms with Crippen LogP contribution in [0.5, 0.6) is 0 Å². The van der Waals surface area contributed by atoms with Crippen molar-refractivity contribution in [3.05, 3.63) is 35.4 Å². The third-order valence-electron chi connectivity index (χ3n) is 2.72. The third-order valence-corrected chi connectivity index (χ3v) is 2.72. The van der Waals surface area contributed by atoms with E-state index in [0.29, 0.717) is 0 Å². The standard InChI is InChI=1S/C13H14F2N2O4/c14-8-2-1-3-9(15)7(8)6-11(18)17-10(13(16)21)4-5-12(19)20/h1-3,10H,4-6H2,(H2,16,21)(H,17,18)(H,19,20)/t10-/m0/s1. The van der Waals surface area contributed by atoms with E-state index < -0.39 is 47.4 Å². The van der Waals surface area contributed by atoms with Gasteiger partial charge in [-0.15, -0.1) is 0 Å². The Balaban J connectivity index is 2.70. The Hall–Kier alpha value is -2.51.